The average molecular weight is 377 g/mol. The lowest BCUT2D eigenvalue weighted by molar-refractivity contribution is -0.120. The molecule has 0 spiro atoms. The topological polar surface area (TPSA) is 89.3 Å². The van der Waals surface area contributed by atoms with Crippen molar-refractivity contribution >= 4 is 23.2 Å². The van der Waals surface area contributed by atoms with Crippen LogP contribution in [0.25, 0.3) is 0 Å². The number of amides is 1. The van der Waals surface area contributed by atoms with Crippen molar-refractivity contribution in [3.05, 3.63) is 53.7 Å². The number of aromatic nitrogens is 1. The molecule has 28 heavy (non-hydrogen) atoms. The van der Waals surface area contributed by atoms with Crippen molar-refractivity contribution in [2.45, 2.75) is 19.9 Å². The van der Waals surface area contributed by atoms with Gasteiger partial charge in [-0.2, -0.15) is 5.26 Å². The van der Waals surface area contributed by atoms with Crippen LogP contribution in [0.5, 0.6) is 0 Å². The molecule has 0 aliphatic carbocycles. The maximum absolute atomic E-state index is 12.7. The average Bonchev–Trinajstić information content (AvgIpc) is 2.73. The Bertz CT molecular complexity index is 913. The molecule has 2 aromatic rings. The van der Waals surface area contributed by atoms with E-state index in [9.17, 15) is 14.9 Å². The molecule has 2 heterocycles. The number of Topliss-reactive ketones (excluding diaryl/α,β-unsaturated/α-hetero) is 1. The quantitative estimate of drug-likeness (QED) is 0.805. The Kier molecular flexibility index (Phi) is 6.02. The van der Waals surface area contributed by atoms with Crippen LogP contribution in [0, 0.1) is 11.3 Å². The van der Waals surface area contributed by atoms with Crippen molar-refractivity contribution in [3.8, 4) is 6.07 Å². The first-order valence-corrected chi connectivity index (χ1v) is 9.26. The standard InChI is InChI=1S/C21H23N5O2/c1-15(21(28)24-19-8-4-3-7-18(19)16(2)27)25-10-12-26(13-11-25)20-17(14-22)6-5-9-23-20/h3-9,15H,10-13H2,1-2H3,(H,24,28). The number of nitrogens with zero attached hydrogens (tertiary/aromatic N) is 4. The van der Waals surface area contributed by atoms with Gasteiger partial charge >= 0.3 is 0 Å². The molecule has 1 saturated heterocycles. The zero-order valence-corrected chi connectivity index (χ0v) is 16.1. The van der Waals surface area contributed by atoms with Crippen LogP contribution in [0.2, 0.25) is 0 Å². The number of nitrogens with one attached hydrogen (secondary N) is 1. The van der Waals surface area contributed by atoms with Gasteiger partial charge in [-0.25, -0.2) is 4.98 Å². The van der Waals surface area contributed by atoms with E-state index in [-0.39, 0.29) is 17.7 Å². The van der Waals surface area contributed by atoms with Crippen LogP contribution >= 0.6 is 0 Å². The molecule has 1 aliphatic rings. The highest BCUT2D eigenvalue weighted by atomic mass is 16.2. The van der Waals surface area contributed by atoms with E-state index in [1.54, 1.807) is 42.6 Å². The molecule has 1 aliphatic heterocycles. The largest absolute Gasteiger partial charge is 0.353 e. The number of carbonyl (C=O) groups excluding carboxylic acids is 2. The fourth-order valence-corrected chi connectivity index (χ4v) is 3.36. The number of anilines is 2. The number of para-hydroxylation sites is 1. The smallest absolute Gasteiger partial charge is 0.241 e. The summed E-state index contributed by atoms with van der Waals surface area (Å²) in [5.41, 5.74) is 1.60. The van der Waals surface area contributed by atoms with Crippen LogP contribution in [-0.4, -0.2) is 53.8 Å². The third-order valence-corrected chi connectivity index (χ3v) is 5.01. The van der Waals surface area contributed by atoms with Gasteiger partial charge in [0.25, 0.3) is 0 Å². The second-order valence-electron chi connectivity index (χ2n) is 6.78. The van der Waals surface area contributed by atoms with E-state index < -0.39 is 0 Å². The lowest BCUT2D eigenvalue weighted by Crippen LogP contribution is -2.53. The van der Waals surface area contributed by atoms with E-state index in [0.29, 0.717) is 48.8 Å². The monoisotopic (exact) mass is 377 g/mol. The summed E-state index contributed by atoms with van der Waals surface area (Å²) in [6.07, 6.45) is 1.69. The van der Waals surface area contributed by atoms with Crippen LogP contribution in [0.4, 0.5) is 11.5 Å². The van der Waals surface area contributed by atoms with Crippen molar-refractivity contribution in [3.63, 3.8) is 0 Å². The van der Waals surface area contributed by atoms with E-state index >= 15 is 0 Å². The predicted octanol–water partition coefficient (Wildman–Crippen LogP) is 2.31. The molecule has 1 aromatic carbocycles. The highest BCUT2D eigenvalue weighted by Gasteiger charge is 2.27. The van der Waals surface area contributed by atoms with E-state index in [4.69, 9.17) is 0 Å². The maximum atomic E-state index is 12.7. The van der Waals surface area contributed by atoms with Gasteiger partial charge in [0.2, 0.25) is 5.91 Å². The van der Waals surface area contributed by atoms with Gasteiger partial charge in [-0.3, -0.25) is 14.5 Å². The van der Waals surface area contributed by atoms with Gasteiger partial charge in [0.1, 0.15) is 11.9 Å². The summed E-state index contributed by atoms with van der Waals surface area (Å²) in [6.45, 7) is 6.10. The molecule has 0 saturated carbocycles. The number of piperazine rings is 1. The van der Waals surface area contributed by atoms with Gasteiger partial charge in [0.15, 0.2) is 5.78 Å². The molecular weight excluding hydrogens is 354 g/mol. The second-order valence-corrected chi connectivity index (χ2v) is 6.78. The summed E-state index contributed by atoms with van der Waals surface area (Å²) < 4.78 is 0. The van der Waals surface area contributed by atoms with E-state index in [1.165, 1.54) is 6.92 Å². The highest BCUT2D eigenvalue weighted by Crippen LogP contribution is 2.20. The number of nitriles is 1. The molecule has 1 unspecified atom stereocenters. The zero-order chi connectivity index (χ0) is 20.1. The molecule has 1 atom stereocenters. The minimum Gasteiger partial charge on any atom is -0.353 e. The Morgan fingerprint density at radius 3 is 2.54 bits per heavy atom. The first-order valence-electron chi connectivity index (χ1n) is 9.26. The number of pyridine rings is 1. The van der Waals surface area contributed by atoms with Crippen LogP contribution in [0.1, 0.15) is 29.8 Å². The highest BCUT2D eigenvalue weighted by molar-refractivity contribution is 6.04. The van der Waals surface area contributed by atoms with Crippen LogP contribution in [-0.2, 0) is 4.79 Å². The van der Waals surface area contributed by atoms with Crippen LogP contribution in [0.3, 0.4) is 0 Å². The molecule has 0 bridgehead atoms. The summed E-state index contributed by atoms with van der Waals surface area (Å²) in [6, 6.07) is 12.4. The Morgan fingerprint density at radius 2 is 1.86 bits per heavy atom. The molecule has 7 heteroatoms. The Morgan fingerprint density at radius 1 is 1.14 bits per heavy atom. The normalized spacial score (nSPS) is 15.5. The second kappa shape index (κ2) is 8.63. The molecule has 0 radical (unpaired) electrons. The first kappa shape index (κ1) is 19.5. The van der Waals surface area contributed by atoms with E-state index in [0.717, 1.165) is 0 Å². The van der Waals surface area contributed by atoms with Crippen molar-refractivity contribution < 1.29 is 9.59 Å². The number of ketones is 1. The third-order valence-electron chi connectivity index (χ3n) is 5.01. The van der Waals surface area contributed by atoms with Crippen LogP contribution in [0.15, 0.2) is 42.6 Å². The lowest BCUT2D eigenvalue weighted by atomic mass is 10.1. The number of rotatable bonds is 5. The fourth-order valence-electron chi connectivity index (χ4n) is 3.36. The summed E-state index contributed by atoms with van der Waals surface area (Å²) >= 11 is 0. The van der Waals surface area contributed by atoms with Crippen molar-refractivity contribution in [2.24, 2.45) is 0 Å². The van der Waals surface area contributed by atoms with E-state index in [1.807, 2.05) is 6.92 Å². The van der Waals surface area contributed by atoms with Gasteiger partial charge in [0.05, 0.1) is 17.3 Å². The Balaban J connectivity index is 1.62. The Hall–Kier alpha value is -3.24. The Labute approximate surface area is 164 Å². The first-order chi connectivity index (χ1) is 13.5. The minimum absolute atomic E-state index is 0.0826. The minimum atomic E-state index is -0.332. The summed E-state index contributed by atoms with van der Waals surface area (Å²) in [4.78, 5) is 33.0. The van der Waals surface area contributed by atoms with Gasteiger partial charge in [0, 0.05) is 37.9 Å². The van der Waals surface area contributed by atoms with Crippen LogP contribution < -0.4 is 10.2 Å². The lowest BCUT2D eigenvalue weighted by Gasteiger charge is -2.38. The van der Waals surface area contributed by atoms with Crippen molar-refractivity contribution in [2.75, 3.05) is 36.4 Å². The molecular formula is C21H23N5O2. The molecule has 144 valence electrons. The summed E-state index contributed by atoms with van der Waals surface area (Å²) in [5.74, 6) is 0.468. The molecule has 1 fully saturated rings. The molecule has 3 rings (SSSR count). The number of carbonyl (C=O) groups is 2. The molecule has 7 nitrogen and oxygen atoms in total. The van der Waals surface area contributed by atoms with Gasteiger partial charge in [-0.05, 0) is 38.1 Å². The SMILES string of the molecule is CC(=O)c1ccccc1NC(=O)C(C)N1CCN(c2ncccc2C#N)CC1. The summed E-state index contributed by atoms with van der Waals surface area (Å²) in [5, 5.41) is 12.1. The molecule has 1 aromatic heterocycles. The summed E-state index contributed by atoms with van der Waals surface area (Å²) in [7, 11) is 0. The predicted molar refractivity (Wildman–Crippen MR) is 107 cm³/mol. The number of hydrogen-bond acceptors (Lipinski definition) is 6. The molecule has 1 N–H and O–H groups in total. The zero-order valence-electron chi connectivity index (χ0n) is 16.1. The number of hydrogen-bond donors (Lipinski definition) is 1. The van der Waals surface area contributed by atoms with E-state index in [2.05, 4.69) is 26.2 Å². The maximum Gasteiger partial charge on any atom is 0.241 e. The van der Waals surface area contributed by atoms with Crippen molar-refractivity contribution in [1.82, 2.24) is 9.88 Å². The van der Waals surface area contributed by atoms with Gasteiger partial charge in [-0.15, -0.1) is 0 Å². The fraction of sp³-hybridized carbons (Fsp3) is 0.333. The van der Waals surface area contributed by atoms with Gasteiger partial charge < -0.3 is 10.2 Å². The number of benzene rings is 1. The third kappa shape index (κ3) is 4.18. The van der Waals surface area contributed by atoms with Gasteiger partial charge in [-0.1, -0.05) is 12.1 Å². The van der Waals surface area contributed by atoms with Crippen molar-refractivity contribution in [1.29, 1.82) is 5.26 Å². The molecule has 1 amide bonds.